The van der Waals surface area contributed by atoms with Crippen LogP contribution < -0.4 is 16.4 Å². The number of hydrogen-bond acceptors (Lipinski definition) is 4. The molecule has 0 bridgehead atoms. The summed E-state index contributed by atoms with van der Waals surface area (Å²) in [4.78, 5) is 4.21. The van der Waals surface area contributed by atoms with Crippen molar-refractivity contribution in [1.29, 1.82) is 0 Å². The molecule has 0 saturated heterocycles. The zero-order chi connectivity index (χ0) is 9.10. The van der Waals surface area contributed by atoms with Crippen LogP contribution in [0.4, 0.5) is 11.4 Å². The first kappa shape index (κ1) is 10.7. The van der Waals surface area contributed by atoms with E-state index in [1.54, 1.807) is 0 Å². The van der Waals surface area contributed by atoms with Crippen LogP contribution in [0.3, 0.4) is 0 Å². The standard InChI is InChI=1S/C9H12N4.ClH/c10-7-3-1-2-4-8(7)13-9-11-5-6-12-9;/h1-4H,5-6,10H2,(H2,11,12,13);1H. The summed E-state index contributed by atoms with van der Waals surface area (Å²) in [5, 5.41) is 6.24. The molecule has 0 unspecified atom stereocenters. The van der Waals surface area contributed by atoms with E-state index in [1.165, 1.54) is 0 Å². The van der Waals surface area contributed by atoms with Crippen LogP contribution in [0.5, 0.6) is 0 Å². The van der Waals surface area contributed by atoms with E-state index in [4.69, 9.17) is 5.73 Å². The maximum Gasteiger partial charge on any atom is 0.195 e. The number of rotatable bonds is 1. The summed E-state index contributed by atoms with van der Waals surface area (Å²) in [6.45, 7) is 1.73. The molecule has 0 spiro atoms. The summed E-state index contributed by atoms with van der Waals surface area (Å²) in [7, 11) is 0. The van der Waals surface area contributed by atoms with Crippen LogP contribution in [0, 0.1) is 0 Å². The Morgan fingerprint density at radius 3 is 2.79 bits per heavy atom. The lowest BCUT2D eigenvalue weighted by molar-refractivity contribution is 0.959. The van der Waals surface area contributed by atoms with Crippen molar-refractivity contribution in [1.82, 2.24) is 5.32 Å². The Hall–Kier alpha value is -1.42. The van der Waals surface area contributed by atoms with Gasteiger partial charge in [-0.15, -0.1) is 12.4 Å². The molecule has 14 heavy (non-hydrogen) atoms. The van der Waals surface area contributed by atoms with Gasteiger partial charge in [-0.25, -0.2) is 0 Å². The monoisotopic (exact) mass is 212 g/mol. The maximum atomic E-state index is 5.75. The molecule has 4 N–H and O–H groups in total. The van der Waals surface area contributed by atoms with Crippen LogP contribution in [0.2, 0.25) is 0 Å². The Balaban J connectivity index is 0.000000980. The lowest BCUT2D eigenvalue weighted by Crippen LogP contribution is -2.26. The van der Waals surface area contributed by atoms with Crippen LogP contribution in [0.1, 0.15) is 0 Å². The van der Waals surface area contributed by atoms with Gasteiger partial charge in [-0.05, 0) is 12.1 Å². The first-order valence-corrected chi connectivity index (χ1v) is 4.26. The smallest absolute Gasteiger partial charge is 0.195 e. The average Bonchev–Trinajstić information content (AvgIpc) is 2.61. The molecule has 0 amide bonds. The van der Waals surface area contributed by atoms with Crippen molar-refractivity contribution >= 4 is 29.7 Å². The molecule has 1 aromatic carbocycles. The first-order valence-electron chi connectivity index (χ1n) is 4.26. The summed E-state index contributed by atoms with van der Waals surface area (Å²) in [5.74, 6) is 0.804. The lowest BCUT2D eigenvalue weighted by atomic mass is 10.3. The fourth-order valence-electron chi connectivity index (χ4n) is 1.22. The van der Waals surface area contributed by atoms with Gasteiger partial charge in [-0.3, -0.25) is 4.99 Å². The zero-order valence-corrected chi connectivity index (χ0v) is 8.47. The van der Waals surface area contributed by atoms with E-state index < -0.39 is 0 Å². The predicted molar refractivity (Wildman–Crippen MR) is 62.0 cm³/mol. The topological polar surface area (TPSA) is 62.4 Å². The van der Waals surface area contributed by atoms with Crippen molar-refractivity contribution < 1.29 is 0 Å². The third kappa shape index (κ3) is 2.29. The second-order valence-corrected chi connectivity index (χ2v) is 2.87. The highest BCUT2D eigenvalue weighted by molar-refractivity contribution is 5.97. The number of hydrogen-bond donors (Lipinski definition) is 3. The fourth-order valence-corrected chi connectivity index (χ4v) is 1.22. The van der Waals surface area contributed by atoms with Crippen molar-refractivity contribution in [2.45, 2.75) is 0 Å². The van der Waals surface area contributed by atoms with E-state index in [1.807, 2.05) is 24.3 Å². The minimum absolute atomic E-state index is 0. The van der Waals surface area contributed by atoms with Crippen LogP contribution >= 0.6 is 12.4 Å². The quantitative estimate of drug-likeness (QED) is 0.610. The minimum atomic E-state index is 0. The van der Waals surface area contributed by atoms with Crippen molar-refractivity contribution in [3.8, 4) is 0 Å². The van der Waals surface area contributed by atoms with Gasteiger partial charge in [0.25, 0.3) is 0 Å². The molecule has 2 rings (SSSR count). The SMILES string of the molecule is Cl.Nc1ccccc1NC1=NCCN1. The molecular formula is C9H13ClN4. The Labute approximate surface area is 89.0 Å². The van der Waals surface area contributed by atoms with Gasteiger partial charge in [-0.2, -0.15) is 0 Å². The highest BCUT2D eigenvalue weighted by atomic mass is 35.5. The molecule has 5 heteroatoms. The van der Waals surface area contributed by atoms with Crippen LogP contribution in [-0.4, -0.2) is 19.0 Å². The predicted octanol–water partition coefficient (Wildman–Crippen LogP) is 1.06. The molecule has 4 nitrogen and oxygen atoms in total. The van der Waals surface area contributed by atoms with Crippen molar-refractivity contribution in [3.63, 3.8) is 0 Å². The molecule has 0 atom stereocenters. The highest BCUT2D eigenvalue weighted by Crippen LogP contribution is 2.16. The summed E-state index contributed by atoms with van der Waals surface area (Å²) < 4.78 is 0. The molecular weight excluding hydrogens is 200 g/mol. The molecule has 76 valence electrons. The van der Waals surface area contributed by atoms with Crippen molar-refractivity contribution in [2.75, 3.05) is 24.1 Å². The van der Waals surface area contributed by atoms with E-state index in [9.17, 15) is 0 Å². The lowest BCUT2D eigenvalue weighted by Gasteiger charge is -2.08. The number of para-hydroxylation sites is 2. The molecule has 0 saturated carbocycles. The Morgan fingerprint density at radius 2 is 2.14 bits per heavy atom. The van der Waals surface area contributed by atoms with E-state index >= 15 is 0 Å². The number of aliphatic imine (C=N–C) groups is 1. The molecule has 0 aliphatic carbocycles. The van der Waals surface area contributed by atoms with Gasteiger partial charge in [0.1, 0.15) is 0 Å². The zero-order valence-electron chi connectivity index (χ0n) is 7.66. The Morgan fingerprint density at radius 1 is 1.36 bits per heavy atom. The Bertz CT molecular complexity index is 337. The Kier molecular flexibility index (Phi) is 3.59. The second kappa shape index (κ2) is 4.72. The van der Waals surface area contributed by atoms with Crippen LogP contribution in [0.15, 0.2) is 29.3 Å². The van der Waals surface area contributed by atoms with E-state index in [0.717, 1.165) is 30.4 Å². The second-order valence-electron chi connectivity index (χ2n) is 2.87. The van der Waals surface area contributed by atoms with Gasteiger partial charge >= 0.3 is 0 Å². The summed E-state index contributed by atoms with van der Waals surface area (Å²) >= 11 is 0. The molecule has 1 aromatic rings. The third-order valence-electron chi connectivity index (χ3n) is 1.89. The van der Waals surface area contributed by atoms with Crippen LogP contribution in [-0.2, 0) is 0 Å². The van der Waals surface area contributed by atoms with E-state index in [2.05, 4.69) is 15.6 Å². The van der Waals surface area contributed by atoms with Gasteiger partial charge in [-0.1, -0.05) is 12.1 Å². The van der Waals surface area contributed by atoms with Crippen molar-refractivity contribution in [3.05, 3.63) is 24.3 Å². The van der Waals surface area contributed by atoms with E-state index in [0.29, 0.717) is 0 Å². The number of anilines is 2. The molecule has 0 fully saturated rings. The number of nitrogen functional groups attached to an aromatic ring is 1. The van der Waals surface area contributed by atoms with Crippen molar-refractivity contribution in [2.24, 2.45) is 4.99 Å². The van der Waals surface area contributed by atoms with E-state index in [-0.39, 0.29) is 12.4 Å². The number of nitrogens with zero attached hydrogens (tertiary/aromatic N) is 1. The van der Waals surface area contributed by atoms with Gasteiger partial charge in [0.2, 0.25) is 0 Å². The van der Waals surface area contributed by atoms with Crippen LogP contribution in [0.25, 0.3) is 0 Å². The largest absolute Gasteiger partial charge is 0.397 e. The normalized spacial score (nSPS) is 13.9. The summed E-state index contributed by atoms with van der Waals surface area (Å²) in [6.07, 6.45) is 0. The van der Waals surface area contributed by atoms with Gasteiger partial charge in [0.05, 0.1) is 17.9 Å². The number of nitrogens with two attached hydrogens (primary N) is 1. The molecule has 0 radical (unpaired) electrons. The molecule has 1 aliphatic heterocycles. The molecule has 1 aliphatic rings. The molecule has 1 heterocycles. The number of halogens is 1. The summed E-state index contributed by atoms with van der Waals surface area (Å²) in [6, 6.07) is 7.63. The highest BCUT2D eigenvalue weighted by Gasteiger charge is 2.05. The number of benzene rings is 1. The number of guanidine groups is 1. The van der Waals surface area contributed by atoms with Gasteiger partial charge < -0.3 is 16.4 Å². The fraction of sp³-hybridized carbons (Fsp3) is 0.222. The van der Waals surface area contributed by atoms with Gasteiger partial charge in [0.15, 0.2) is 5.96 Å². The number of nitrogens with one attached hydrogen (secondary N) is 2. The summed E-state index contributed by atoms with van der Waals surface area (Å²) in [5.41, 5.74) is 7.39. The molecule has 0 aromatic heterocycles. The first-order chi connectivity index (χ1) is 6.36. The maximum absolute atomic E-state index is 5.75. The average molecular weight is 213 g/mol. The third-order valence-corrected chi connectivity index (χ3v) is 1.89. The van der Waals surface area contributed by atoms with Gasteiger partial charge in [0, 0.05) is 6.54 Å². The minimum Gasteiger partial charge on any atom is -0.397 e.